The maximum Gasteiger partial charge on any atom is 0.257 e. The van der Waals surface area contributed by atoms with E-state index in [9.17, 15) is 4.79 Å². The Kier molecular flexibility index (Phi) is 5.30. The molecule has 1 N–H and O–H groups in total. The molecule has 0 bridgehead atoms. The lowest BCUT2D eigenvalue weighted by molar-refractivity contribution is 0.0686. The molecule has 2 aromatic rings. The quantitative estimate of drug-likeness (QED) is 0.919. The van der Waals surface area contributed by atoms with Gasteiger partial charge in [-0.15, -0.1) is 0 Å². The van der Waals surface area contributed by atoms with Crippen LogP contribution in [0.5, 0.6) is 0 Å². The Bertz CT molecular complexity index is 672. The van der Waals surface area contributed by atoms with E-state index in [0.29, 0.717) is 5.56 Å². The first-order chi connectivity index (χ1) is 11.7. The van der Waals surface area contributed by atoms with Gasteiger partial charge in [0, 0.05) is 13.1 Å². The second kappa shape index (κ2) is 7.62. The van der Waals surface area contributed by atoms with Gasteiger partial charge in [0.1, 0.15) is 0 Å². The predicted molar refractivity (Wildman–Crippen MR) is 95.5 cm³/mol. The van der Waals surface area contributed by atoms with Crippen LogP contribution in [0.1, 0.15) is 35.3 Å². The molecule has 1 aromatic heterocycles. The van der Waals surface area contributed by atoms with Gasteiger partial charge in [-0.1, -0.05) is 18.2 Å². The Morgan fingerprint density at radius 2 is 1.96 bits per heavy atom. The molecular formula is C19H26N4O. The third-order valence-corrected chi connectivity index (χ3v) is 4.95. The summed E-state index contributed by atoms with van der Waals surface area (Å²) in [6, 6.07) is 9.94. The maximum atomic E-state index is 12.8. The summed E-state index contributed by atoms with van der Waals surface area (Å²) in [5, 5.41) is 7.63. The minimum atomic E-state index is 0.113. The molecule has 0 aliphatic carbocycles. The molecule has 0 radical (unpaired) electrons. The van der Waals surface area contributed by atoms with Crippen LogP contribution in [0.3, 0.4) is 0 Å². The number of nitrogens with one attached hydrogen (secondary N) is 1. The van der Waals surface area contributed by atoms with Crippen molar-refractivity contribution in [3.63, 3.8) is 0 Å². The summed E-state index contributed by atoms with van der Waals surface area (Å²) in [4.78, 5) is 14.8. The highest BCUT2D eigenvalue weighted by Crippen LogP contribution is 2.23. The molecule has 5 heteroatoms. The first-order valence-electron chi connectivity index (χ1n) is 8.74. The molecule has 2 heterocycles. The van der Waals surface area contributed by atoms with E-state index in [1.807, 2.05) is 53.9 Å². The molecule has 24 heavy (non-hydrogen) atoms. The molecule has 128 valence electrons. The first-order valence-corrected chi connectivity index (χ1v) is 8.74. The van der Waals surface area contributed by atoms with E-state index in [2.05, 4.69) is 10.4 Å². The fourth-order valence-corrected chi connectivity index (χ4v) is 3.39. The molecule has 1 amide bonds. The van der Waals surface area contributed by atoms with Gasteiger partial charge in [-0.05, 0) is 57.8 Å². The molecule has 0 spiro atoms. The van der Waals surface area contributed by atoms with Gasteiger partial charge in [0.05, 0.1) is 23.1 Å². The minimum Gasteiger partial charge on any atom is -0.339 e. The normalized spacial score (nSPS) is 15.7. The SMILES string of the molecule is CNCCC1CCN(C(=O)c2cnn(-c3ccccc3)c2C)CC1. The van der Waals surface area contributed by atoms with E-state index in [0.717, 1.165) is 49.8 Å². The van der Waals surface area contributed by atoms with Gasteiger partial charge in [0.15, 0.2) is 0 Å². The standard InChI is InChI=1S/C19H26N4O/c1-15-18(14-21-23(15)17-6-4-3-5-7-17)19(24)22-12-9-16(10-13-22)8-11-20-2/h3-7,14,16,20H,8-13H2,1-2H3. The molecule has 3 rings (SSSR count). The van der Waals surface area contributed by atoms with Crippen LogP contribution in [0.15, 0.2) is 36.5 Å². The van der Waals surface area contributed by atoms with E-state index < -0.39 is 0 Å². The maximum absolute atomic E-state index is 12.8. The lowest BCUT2D eigenvalue weighted by Crippen LogP contribution is -2.39. The number of para-hydroxylation sites is 1. The van der Waals surface area contributed by atoms with Crippen molar-refractivity contribution in [2.75, 3.05) is 26.7 Å². The number of hydrogen-bond acceptors (Lipinski definition) is 3. The van der Waals surface area contributed by atoms with E-state index >= 15 is 0 Å². The second-order valence-corrected chi connectivity index (χ2v) is 6.52. The molecule has 1 aromatic carbocycles. The monoisotopic (exact) mass is 326 g/mol. The fourth-order valence-electron chi connectivity index (χ4n) is 3.39. The van der Waals surface area contributed by atoms with Crippen LogP contribution in [0, 0.1) is 12.8 Å². The van der Waals surface area contributed by atoms with Gasteiger partial charge >= 0.3 is 0 Å². The van der Waals surface area contributed by atoms with Crippen LogP contribution in [0.2, 0.25) is 0 Å². The average molecular weight is 326 g/mol. The zero-order chi connectivity index (χ0) is 16.9. The van der Waals surface area contributed by atoms with Gasteiger partial charge in [-0.25, -0.2) is 4.68 Å². The van der Waals surface area contributed by atoms with Crippen LogP contribution in [0.25, 0.3) is 5.69 Å². The number of hydrogen-bond donors (Lipinski definition) is 1. The van der Waals surface area contributed by atoms with Crippen molar-refractivity contribution in [1.82, 2.24) is 20.0 Å². The number of aromatic nitrogens is 2. The molecule has 0 unspecified atom stereocenters. The van der Waals surface area contributed by atoms with E-state index in [4.69, 9.17) is 0 Å². The predicted octanol–water partition coefficient (Wildman–Crippen LogP) is 2.64. The Labute approximate surface area is 143 Å². The van der Waals surface area contributed by atoms with Crippen molar-refractivity contribution >= 4 is 5.91 Å². The number of rotatable bonds is 5. The second-order valence-electron chi connectivity index (χ2n) is 6.52. The highest BCUT2D eigenvalue weighted by molar-refractivity contribution is 5.95. The summed E-state index contributed by atoms with van der Waals surface area (Å²) in [6.45, 7) is 4.72. The molecule has 1 fully saturated rings. The summed E-state index contributed by atoms with van der Waals surface area (Å²) in [5.74, 6) is 0.844. The topological polar surface area (TPSA) is 50.2 Å². The zero-order valence-corrected chi connectivity index (χ0v) is 14.5. The average Bonchev–Trinajstić information content (AvgIpc) is 3.02. The summed E-state index contributed by atoms with van der Waals surface area (Å²) in [5.41, 5.74) is 2.61. The number of piperidine rings is 1. The number of likely N-dealkylation sites (tertiary alicyclic amines) is 1. The fraction of sp³-hybridized carbons (Fsp3) is 0.474. The smallest absolute Gasteiger partial charge is 0.257 e. The molecular weight excluding hydrogens is 300 g/mol. The van der Waals surface area contributed by atoms with Crippen LogP contribution < -0.4 is 5.32 Å². The third kappa shape index (κ3) is 3.51. The van der Waals surface area contributed by atoms with Crippen molar-refractivity contribution in [3.05, 3.63) is 47.8 Å². The van der Waals surface area contributed by atoms with Gasteiger partial charge < -0.3 is 10.2 Å². The first kappa shape index (κ1) is 16.7. The van der Waals surface area contributed by atoms with Crippen molar-refractivity contribution in [3.8, 4) is 5.69 Å². The van der Waals surface area contributed by atoms with Crippen LogP contribution in [0.4, 0.5) is 0 Å². The zero-order valence-electron chi connectivity index (χ0n) is 14.5. The molecule has 1 aliphatic rings. The Hall–Kier alpha value is -2.14. The number of carbonyl (C=O) groups excluding carboxylic acids is 1. The largest absolute Gasteiger partial charge is 0.339 e. The summed E-state index contributed by atoms with van der Waals surface area (Å²) >= 11 is 0. The number of nitrogens with zero attached hydrogens (tertiary/aromatic N) is 3. The Balaban J connectivity index is 1.67. The Morgan fingerprint density at radius 1 is 1.25 bits per heavy atom. The van der Waals surface area contributed by atoms with Crippen molar-refractivity contribution in [2.24, 2.45) is 5.92 Å². The summed E-state index contributed by atoms with van der Waals surface area (Å²) < 4.78 is 1.84. The lowest BCUT2D eigenvalue weighted by Gasteiger charge is -2.32. The van der Waals surface area contributed by atoms with Crippen LogP contribution in [-0.4, -0.2) is 47.3 Å². The van der Waals surface area contributed by atoms with Gasteiger partial charge in [0.25, 0.3) is 5.91 Å². The van der Waals surface area contributed by atoms with Crippen LogP contribution in [-0.2, 0) is 0 Å². The van der Waals surface area contributed by atoms with Crippen LogP contribution >= 0.6 is 0 Å². The molecule has 0 saturated carbocycles. The van der Waals surface area contributed by atoms with Crippen molar-refractivity contribution in [1.29, 1.82) is 0 Å². The molecule has 0 atom stereocenters. The molecule has 1 aliphatic heterocycles. The number of benzene rings is 1. The van der Waals surface area contributed by atoms with E-state index in [-0.39, 0.29) is 5.91 Å². The summed E-state index contributed by atoms with van der Waals surface area (Å²) in [7, 11) is 1.99. The van der Waals surface area contributed by atoms with Gasteiger partial charge in [-0.3, -0.25) is 4.79 Å². The highest BCUT2D eigenvalue weighted by Gasteiger charge is 2.25. The Morgan fingerprint density at radius 3 is 2.62 bits per heavy atom. The molecule has 5 nitrogen and oxygen atoms in total. The number of carbonyl (C=O) groups is 1. The highest BCUT2D eigenvalue weighted by atomic mass is 16.2. The van der Waals surface area contributed by atoms with Gasteiger partial charge in [0.2, 0.25) is 0 Å². The number of amides is 1. The third-order valence-electron chi connectivity index (χ3n) is 4.95. The lowest BCUT2D eigenvalue weighted by atomic mass is 9.93. The van der Waals surface area contributed by atoms with Crippen molar-refractivity contribution in [2.45, 2.75) is 26.2 Å². The minimum absolute atomic E-state index is 0.113. The molecule has 1 saturated heterocycles. The van der Waals surface area contributed by atoms with Crippen molar-refractivity contribution < 1.29 is 4.79 Å². The van der Waals surface area contributed by atoms with Gasteiger partial charge in [-0.2, -0.15) is 5.10 Å². The summed E-state index contributed by atoms with van der Waals surface area (Å²) in [6.07, 6.45) is 5.10. The van der Waals surface area contributed by atoms with E-state index in [1.165, 1.54) is 6.42 Å². The van der Waals surface area contributed by atoms with E-state index in [1.54, 1.807) is 6.20 Å².